The minimum atomic E-state index is -0.632. The molecule has 1 saturated heterocycles. The lowest BCUT2D eigenvalue weighted by molar-refractivity contribution is -0.148. The highest BCUT2D eigenvalue weighted by Crippen LogP contribution is 2.36. The number of benzene rings is 1. The maximum atomic E-state index is 13.7. The first-order valence-electron chi connectivity index (χ1n) is 10.8. The van der Waals surface area contributed by atoms with E-state index in [0.717, 1.165) is 32.7 Å². The van der Waals surface area contributed by atoms with Gasteiger partial charge < -0.3 is 15.0 Å². The molecule has 1 fully saturated rings. The number of rotatable bonds is 7. The van der Waals surface area contributed by atoms with Crippen LogP contribution in [-0.4, -0.2) is 73.1 Å². The minimum Gasteiger partial charge on any atom is -0.467 e. The van der Waals surface area contributed by atoms with Crippen LogP contribution in [-0.2, 0) is 27.2 Å². The molecule has 1 atom stereocenters. The minimum absolute atomic E-state index is 0.0466. The molecule has 1 N–H and O–H groups in total. The van der Waals surface area contributed by atoms with Crippen molar-refractivity contribution in [2.45, 2.75) is 51.6 Å². The molecule has 6 nitrogen and oxygen atoms in total. The predicted molar refractivity (Wildman–Crippen MR) is 114 cm³/mol. The van der Waals surface area contributed by atoms with Gasteiger partial charge in [0.15, 0.2) is 0 Å². The summed E-state index contributed by atoms with van der Waals surface area (Å²) in [5.41, 5.74) is 1.84. The highest BCUT2D eigenvalue weighted by molar-refractivity contribution is 5.92. The van der Waals surface area contributed by atoms with Crippen molar-refractivity contribution in [1.82, 2.24) is 15.1 Å². The second-order valence-corrected chi connectivity index (χ2v) is 8.75. The standard InChI is InChI=1S/C23H35N3O3/c1-5-25-10-12-26(13-11-25)23(15-18-8-6-7-9-19(18)16-23)22(28)24-20(14-17(2)3)21(27)29-4/h6-9,17,20H,5,10-16H2,1-4H3,(H,24,28)/t20-/m0/s1. The monoisotopic (exact) mass is 401 g/mol. The van der Waals surface area contributed by atoms with Crippen molar-refractivity contribution in [3.05, 3.63) is 35.4 Å². The van der Waals surface area contributed by atoms with Crippen molar-refractivity contribution in [3.63, 3.8) is 0 Å². The summed E-state index contributed by atoms with van der Waals surface area (Å²) < 4.78 is 4.97. The molecule has 1 aliphatic heterocycles. The van der Waals surface area contributed by atoms with E-state index < -0.39 is 11.6 Å². The van der Waals surface area contributed by atoms with Crippen molar-refractivity contribution in [3.8, 4) is 0 Å². The number of ether oxygens (including phenoxy) is 1. The van der Waals surface area contributed by atoms with E-state index in [9.17, 15) is 9.59 Å². The summed E-state index contributed by atoms with van der Waals surface area (Å²) in [6.07, 6.45) is 1.96. The van der Waals surface area contributed by atoms with Gasteiger partial charge in [0.05, 0.1) is 7.11 Å². The summed E-state index contributed by atoms with van der Waals surface area (Å²) in [5.74, 6) is -0.132. The van der Waals surface area contributed by atoms with Gasteiger partial charge in [-0.3, -0.25) is 9.69 Å². The summed E-state index contributed by atoms with van der Waals surface area (Å²) in [5, 5.41) is 3.07. The third-order valence-electron chi connectivity index (χ3n) is 6.43. The first kappa shape index (κ1) is 21.8. The fraction of sp³-hybridized carbons (Fsp3) is 0.652. The fourth-order valence-corrected chi connectivity index (χ4v) is 4.74. The Morgan fingerprint density at radius 2 is 1.69 bits per heavy atom. The summed E-state index contributed by atoms with van der Waals surface area (Å²) in [7, 11) is 1.38. The Kier molecular flexibility index (Phi) is 6.96. The van der Waals surface area contributed by atoms with Crippen molar-refractivity contribution in [1.29, 1.82) is 0 Å². The lowest BCUT2D eigenvalue weighted by Crippen LogP contribution is -2.65. The molecule has 1 aromatic carbocycles. The molecule has 1 heterocycles. The number of hydrogen-bond acceptors (Lipinski definition) is 5. The molecule has 1 aromatic rings. The Bertz CT molecular complexity index is 701. The van der Waals surface area contributed by atoms with E-state index in [4.69, 9.17) is 4.74 Å². The van der Waals surface area contributed by atoms with Crippen LogP contribution in [0.3, 0.4) is 0 Å². The number of amides is 1. The van der Waals surface area contributed by atoms with Crippen LogP contribution in [0.15, 0.2) is 24.3 Å². The van der Waals surface area contributed by atoms with Crippen molar-refractivity contribution in [2.75, 3.05) is 39.8 Å². The van der Waals surface area contributed by atoms with E-state index in [1.807, 2.05) is 26.0 Å². The van der Waals surface area contributed by atoms with Gasteiger partial charge in [-0.05, 0) is 30.0 Å². The number of likely N-dealkylation sites (N-methyl/N-ethyl adjacent to an activating group) is 1. The van der Waals surface area contributed by atoms with Crippen LogP contribution in [0.1, 0.15) is 38.3 Å². The van der Waals surface area contributed by atoms with Crippen LogP contribution >= 0.6 is 0 Å². The maximum Gasteiger partial charge on any atom is 0.328 e. The van der Waals surface area contributed by atoms with E-state index >= 15 is 0 Å². The molecule has 0 saturated carbocycles. The van der Waals surface area contributed by atoms with Crippen LogP contribution in [0.4, 0.5) is 0 Å². The molecular weight excluding hydrogens is 366 g/mol. The quantitative estimate of drug-likeness (QED) is 0.707. The second-order valence-electron chi connectivity index (χ2n) is 8.75. The lowest BCUT2D eigenvalue weighted by atomic mass is 9.90. The Balaban J connectivity index is 1.85. The SMILES string of the molecule is CCN1CCN(C2(C(=O)N[C@@H](CC(C)C)C(=O)OC)Cc3ccccc3C2)CC1. The molecule has 0 bridgehead atoms. The first-order chi connectivity index (χ1) is 13.9. The fourth-order valence-electron chi connectivity index (χ4n) is 4.74. The molecule has 29 heavy (non-hydrogen) atoms. The number of nitrogens with one attached hydrogen (secondary N) is 1. The van der Waals surface area contributed by atoms with Crippen LogP contribution in [0.2, 0.25) is 0 Å². The summed E-state index contributed by atoms with van der Waals surface area (Å²) in [4.78, 5) is 30.8. The van der Waals surface area contributed by atoms with Gasteiger partial charge in [0.25, 0.3) is 0 Å². The van der Waals surface area contributed by atoms with Gasteiger partial charge in [-0.15, -0.1) is 0 Å². The number of nitrogens with zero attached hydrogens (tertiary/aromatic N) is 2. The molecule has 0 radical (unpaired) electrons. The number of fused-ring (bicyclic) bond motifs is 1. The van der Waals surface area contributed by atoms with Crippen LogP contribution in [0.25, 0.3) is 0 Å². The number of hydrogen-bond donors (Lipinski definition) is 1. The van der Waals surface area contributed by atoms with Gasteiger partial charge in [0, 0.05) is 39.0 Å². The number of carbonyl (C=O) groups excluding carboxylic acids is 2. The molecule has 0 unspecified atom stereocenters. The number of esters is 1. The molecule has 1 aliphatic carbocycles. The highest BCUT2D eigenvalue weighted by Gasteiger charge is 2.49. The molecule has 160 valence electrons. The zero-order valence-corrected chi connectivity index (χ0v) is 18.2. The molecule has 2 aliphatic rings. The lowest BCUT2D eigenvalue weighted by Gasteiger charge is -2.45. The van der Waals surface area contributed by atoms with E-state index in [1.165, 1.54) is 18.2 Å². The third kappa shape index (κ3) is 4.64. The van der Waals surface area contributed by atoms with Gasteiger partial charge in [0.1, 0.15) is 11.6 Å². The van der Waals surface area contributed by atoms with Gasteiger partial charge in [-0.2, -0.15) is 0 Å². The number of piperazine rings is 1. The average molecular weight is 402 g/mol. The summed E-state index contributed by atoms with van der Waals surface area (Å²) >= 11 is 0. The zero-order chi connectivity index (χ0) is 21.0. The molecular formula is C23H35N3O3. The highest BCUT2D eigenvalue weighted by atomic mass is 16.5. The van der Waals surface area contributed by atoms with Gasteiger partial charge >= 0.3 is 5.97 Å². The predicted octanol–water partition coefficient (Wildman–Crippen LogP) is 1.87. The number of methoxy groups -OCH3 is 1. The molecule has 3 rings (SSSR count). The summed E-state index contributed by atoms with van der Waals surface area (Å²) in [6, 6.07) is 7.72. The van der Waals surface area contributed by atoms with E-state index in [-0.39, 0.29) is 17.8 Å². The number of carbonyl (C=O) groups is 2. The van der Waals surface area contributed by atoms with Crippen LogP contribution < -0.4 is 5.32 Å². The Hall–Kier alpha value is -1.92. The van der Waals surface area contributed by atoms with Gasteiger partial charge in [0.2, 0.25) is 5.91 Å². The zero-order valence-electron chi connectivity index (χ0n) is 18.2. The van der Waals surface area contributed by atoms with Crippen LogP contribution in [0, 0.1) is 5.92 Å². The Labute approximate surface area is 174 Å². The van der Waals surface area contributed by atoms with E-state index in [1.54, 1.807) is 0 Å². The van der Waals surface area contributed by atoms with Crippen molar-refractivity contribution in [2.24, 2.45) is 5.92 Å². The topological polar surface area (TPSA) is 61.9 Å². The largest absolute Gasteiger partial charge is 0.467 e. The van der Waals surface area contributed by atoms with Crippen molar-refractivity contribution < 1.29 is 14.3 Å². The molecule has 1 amide bonds. The average Bonchev–Trinajstić information content (AvgIpc) is 3.13. The first-order valence-corrected chi connectivity index (χ1v) is 10.8. The van der Waals surface area contributed by atoms with Gasteiger partial charge in [-0.25, -0.2) is 4.79 Å². The molecule has 6 heteroatoms. The molecule has 0 spiro atoms. The van der Waals surface area contributed by atoms with E-state index in [0.29, 0.717) is 19.3 Å². The Morgan fingerprint density at radius 3 is 2.17 bits per heavy atom. The smallest absolute Gasteiger partial charge is 0.328 e. The normalized spacial score (nSPS) is 20.3. The van der Waals surface area contributed by atoms with Gasteiger partial charge in [-0.1, -0.05) is 45.0 Å². The molecule has 0 aromatic heterocycles. The third-order valence-corrected chi connectivity index (χ3v) is 6.43. The Morgan fingerprint density at radius 1 is 1.10 bits per heavy atom. The summed E-state index contributed by atoms with van der Waals surface area (Å²) in [6.45, 7) is 11.0. The van der Waals surface area contributed by atoms with Crippen LogP contribution in [0.5, 0.6) is 0 Å². The maximum absolute atomic E-state index is 13.7. The van der Waals surface area contributed by atoms with Crippen molar-refractivity contribution >= 4 is 11.9 Å². The van der Waals surface area contributed by atoms with E-state index in [2.05, 4.69) is 34.2 Å². The second kappa shape index (κ2) is 9.26.